The highest BCUT2D eigenvalue weighted by molar-refractivity contribution is 9.11. The van der Waals surface area contributed by atoms with Crippen LogP contribution < -0.4 is 0 Å². The van der Waals surface area contributed by atoms with Gasteiger partial charge in [-0.2, -0.15) is 0 Å². The highest BCUT2D eigenvalue weighted by atomic mass is 79.9. The van der Waals surface area contributed by atoms with Crippen molar-refractivity contribution in [1.29, 1.82) is 0 Å². The van der Waals surface area contributed by atoms with Gasteiger partial charge in [-0.3, -0.25) is 0 Å². The summed E-state index contributed by atoms with van der Waals surface area (Å²) in [4.78, 5) is 1.64. The number of rotatable bonds is 2. The molecule has 0 aliphatic heterocycles. The van der Waals surface area contributed by atoms with E-state index < -0.39 is 0 Å². The molecule has 2 rings (SSSR count). The highest BCUT2D eigenvalue weighted by Crippen LogP contribution is 2.39. The molecular formula is C13H12Br2S. The van der Waals surface area contributed by atoms with Gasteiger partial charge in [-0.15, -0.1) is 11.3 Å². The SMILES string of the molecule is Cc1ccccc1C(Br)c1cc(C)c(Br)s1. The Morgan fingerprint density at radius 1 is 1.12 bits per heavy atom. The van der Waals surface area contributed by atoms with Gasteiger partial charge in [0.25, 0.3) is 0 Å². The first-order chi connectivity index (χ1) is 7.59. The summed E-state index contributed by atoms with van der Waals surface area (Å²) in [6.07, 6.45) is 0. The summed E-state index contributed by atoms with van der Waals surface area (Å²) in [5.74, 6) is 0. The summed E-state index contributed by atoms with van der Waals surface area (Å²) >= 11 is 9.15. The molecule has 16 heavy (non-hydrogen) atoms. The van der Waals surface area contributed by atoms with Crippen molar-refractivity contribution in [3.05, 3.63) is 55.7 Å². The Labute approximate surface area is 117 Å². The standard InChI is InChI=1S/C13H12Br2S/c1-8-5-3-4-6-10(8)12(14)11-7-9(2)13(15)16-11/h3-7,12H,1-2H3. The molecule has 0 nitrogen and oxygen atoms in total. The Morgan fingerprint density at radius 3 is 2.38 bits per heavy atom. The monoisotopic (exact) mass is 358 g/mol. The van der Waals surface area contributed by atoms with E-state index in [0.717, 1.165) is 0 Å². The van der Waals surface area contributed by atoms with Crippen molar-refractivity contribution >= 4 is 43.2 Å². The maximum atomic E-state index is 3.78. The van der Waals surface area contributed by atoms with Crippen LogP contribution in [0.15, 0.2) is 34.1 Å². The lowest BCUT2D eigenvalue weighted by Gasteiger charge is -2.10. The van der Waals surface area contributed by atoms with E-state index >= 15 is 0 Å². The number of alkyl halides is 1. The predicted molar refractivity (Wildman–Crippen MR) is 78.7 cm³/mol. The van der Waals surface area contributed by atoms with Gasteiger partial charge in [0.05, 0.1) is 8.61 Å². The van der Waals surface area contributed by atoms with Gasteiger partial charge in [0.1, 0.15) is 0 Å². The number of halogens is 2. The van der Waals surface area contributed by atoms with Crippen LogP contribution in [0.1, 0.15) is 26.4 Å². The van der Waals surface area contributed by atoms with Crippen LogP contribution in [0.25, 0.3) is 0 Å². The van der Waals surface area contributed by atoms with Gasteiger partial charge in [-0.05, 0) is 52.5 Å². The number of benzene rings is 1. The van der Waals surface area contributed by atoms with Crippen LogP contribution in [-0.4, -0.2) is 0 Å². The van der Waals surface area contributed by atoms with E-state index in [1.807, 2.05) is 0 Å². The summed E-state index contributed by atoms with van der Waals surface area (Å²) in [7, 11) is 0. The van der Waals surface area contributed by atoms with Crippen molar-refractivity contribution in [3.8, 4) is 0 Å². The molecular weight excluding hydrogens is 348 g/mol. The molecule has 0 N–H and O–H groups in total. The minimum absolute atomic E-state index is 0.295. The van der Waals surface area contributed by atoms with E-state index in [0.29, 0.717) is 4.83 Å². The highest BCUT2D eigenvalue weighted by Gasteiger charge is 2.15. The lowest BCUT2D eigenvalue weighted by Crippen LogP contribution is -1.92. The minimum atomic E-state index is 0.295. The molecule has 0 saturated carbocycles. The fourth-order valence-electron chi connectivity index (χ4n) is 1.63. The van der Waals surface area contributed by atoms with E-state index in [9.17, 15) is 0 Å². The molecule has 0 spiro atoms. The van der Waals surface area contributed by atoms with Gasteiger partial charge in [0, 0.05) is 4.88 Å². The Hall–Kier alpha value is -0.120. The van der Waals surface area contributed by atoms with Crippen molar-refractivity contribution < 1.29 is 0 Å². The normalized spacial score (nSPS) is 12.8. The van der Waals surface area contributed by atoms with E-state index in [1.54, 1.807) is 11.3 Å². The van der Waals surface area contributed by atoms with E-state index in [1.165, 1.54) is 25.4 Å². The molecule has 1 unspecified atom stereocenters. The molecule has 0 aliphatic rings. The summed E-state index contributed by atoms with van der Waals surface area (Å²) in [6, 6.07) is 10.7. The maximum Gasteiger partial charge on any atom is 0.0741 e. The third-order valence-electron chi connectivity index (χ3n) is 2.59. The van der Waals surface area contributed by atoms with Crippen molar-refractivity contribution in [2.24, 2.45) is 0 Å². The third kappa shape index (κ3) is 2.41. The molecule has 0 amide bonds. The van der Waals surface area contributed by atoms with Crippen LogP contribution in [0.5, 0.6) is 0 Å². The van der Waals surface area contributed by atoms with Crippen molar-refractivity contribution in [2.45, 2.75) is 18.7 Å². The zero-order valence-corrected chi connectivity index (χ0v) is 13.1. The van der Waals surface area contributed by atoms with Crippen LogP contribution in [0.4, 0.5) is 0 Å². The first-order valence-electron chi connectivity index (χ1n) is 5.05. The van der Waals surface area contributed by atoms with Crippen LogP contribution in [0.2, 0.25) is 0 Å². The average Bonchev–Trinajstić information content (AvgIpc) is 2.59. The van der Waals surface area contributed by atoms with Crippen LogP contribution in [0, 0.1) is 13.8 Å². The summed E-state index contributed by atoms with van der Waals surface area (Å²) in [6.45, 7) is 4.28. The molecule has 0 bridgehead atoms. The van der Waals surface area contributed by atoms with Crippen LogP contribution >= 0.6 is 43.2 Å². The Balaban J connectivity index is 2.39. The van der Waals surface area contributed by atoms with Crippen molar-refractivity contribution in [2.75, 3.05) is 0 Å². The molecule has 84 valence electrons. The summed E-state index contributed by atoms with van der Waals surface area (Å²) in [5.41, 5.74) is 3.97. The zero-order valence-electron chi connectivity index (χ0n) is 9.13. The quantitative estimate of drug-likeness (QED) is 0.611. The molecule has 1 aromatic heterocycles. The smallest absolute Gasteiger partial charge is 0.0741 e. The topological polar surface area (TPSA) is 0 Å². The molecule has 1 atom stereocenters. The lowest BCUT2D eigenvalue weighted by atomic mass is 10.0. The lowest BCUT2D eigenvalue weighted by molar-refractivity contribution is 1.18. The fraction of sp³-hybridized carbons (Fsp3) is 0.231. The summed E-state index contributed by atoms with van der Waals surface area (Å²) < 4.78 is 1.22. The number of aryl methyl sites for hydroxylation is 2. The second-order valence-corrected chi connectivity index (χ2v) is 7.14. The van der Waals surface area contributed by atoms with E-state index in [2.05, 4.69) is 76.0 Å². The molecule has 3 heteroatoms. The van der Waals surface area contributed by atoms with E-state index in [-0.39, 0.29) is 0 Å². The van der Waals surface area contributed by atoms with Crippen LogP contribution in [0.3, 0.4) is 0 Å². The third-order valence-corrected chi connectivity index (χ3v) is 6.08. The van der Waals surface area contributed by atoms with Gasteiger partial charge >= 0.3 is 0 Å². The molecule has 0 saturated heterocycles. The zero-order chi connectivity index (χ0) is 11.7. The minimum Gasteiger partial charge on any atom is -0.131 e. The molecule has 0 aliphatic carbocycles. The molecule has 2 aromatic rings. The molecule has 0 radical (unpaired) electrons. The Bertz CT molecular complexity index is 483. The van der Waals surface area contributed by atoms with E-state index in [4.69, 9.17) is 0 Å². The molecule has 1 aromatic carbocycles. The van der Waals surface area contributed by atoms with Gasteiger partial charge in [0.2, 0.25) is 0 Å². The molecule has 1 heterocycles. The fourth-order valence-corrected chi connectivity index (χ4v) is 4.13. The Kier molecular flexibility index (Phi) is 3.88. The van der Waals surface area contributed by atoms with Gasteiger partial charge in [0.15, 0.2) is 0 Å². The predicted octanol–water partition coefficient (Wildman–Crippen LogP) is 5.61. The number of thiophene rings is 1. The van der Waals surface area contributed by atoms with Gasteiger partial charge < -0.3 is 0 Å². The summed E-state index contributed by atoms with van der Waals surface area (Å²) in [5, 5.41) is 0. The second-order valence-electron chi connectivity index (χ2n) is 3.82. The molecule has 0 fully saturated rings. The van der Waals surface area contributed by atoms with Gasteiger partial charge in [-0.25, -0.2) is 0 Å². The first-order valence-corrected chi connectivity index (χ1v) is 7.57. The first kappa shape index (κ1) is 12.3. The largest absolute Gasteiger partial charge is 0.131 e. The number of hydrogen-bond donors (Lipinski definition) is 0. The number of hydrogen-bond acceptors (Lipinski definition) is 1. The van der Waals surface area contributed by atoms with Crippen molar-refractivity contribution in [3.63, 3.8) is 0 Å². The van der Waals surface area contributed by atoms with Crippen LogP contribution in [-0.2, 0) is 0 Å². The average molecular weight is 360 g/mol. The second kappa shape index (κ2) is 5.03. The maximum absolute atomic E-state index is 3.78. The van der Waals surface area contributed by atoms with Gasteiger partial charge in [-0.1, -0.05) is 40.2 Å². The Morgan fingerprint density at radius 2 is 1.81 bits per heavy atom. The van der Waals surface area contributed by atoms with Crippen molar-refractivity contribution in [1.82, 2.24) is 0 Å².